The Hall–Kier alpha value is -1.04. The Morgan fingerprint density at radius 2 is 1.94 bits per heavy atom. The number of thiophene rings is 1. The van der Waals surface area contributed by atoms with Gasteiger partial charge in [-0.25, -0.2) is 8.42 Å². The Bertz CT molecular complexity index is 650. The van der Waals surface area contributed by atoms with Gasteiger partial charge in [-0.15, -0.1) is 11.3 Å². The van der Waals surface area contributed by atoms with Crippen molar-refractivity contribution >= 4 is 38.6 Å². The number of rotatable bonds is 4. The summed E-state index contributed by atoms with van der Waals surface area (Å²) >= 11 is 6.80. The second kappa shape index (κ2) is 5.30. The highest BCUT2D eigenvalue weighted by atomic mass is 35.5. The number of halogens is 1. The van der Waals surface area contributed by atoms with Crippen LogP contribution in [0.3, 0.4) is 0 Å². The van der Waals surface area contributed by atoms with Crippen LogP contribution in [0.15, 0.2) is 40.6 Å². The van der Waals surface area contributed by atoms with E-state index in [1.54, 1.807) is 18.2 Å². The maximum Gasteiger partial charge on any atom is 0.271 e. The highest BCUT2D eigenvalue weighted by Crippen LogP contribution is 2.28. The molecule has 1 aromatic heterocycles. The van der Waals surface area contributed by atoms with E-state index < -0.39 is 10.0 Å². The first-order valence-corrected chi connectivity index (χ1v) is 8.07. The molecule has 18 heavy (non-hydrogen) atoms. The van der Waals surface area contributed by atoms with E-state index in [-0.39, 0.29) is 4.21 Å². The van der Waals surface area contributed by atoms with E-state index in [1.807, 2.05) is 19.1 Å². The number of aryl methyl sites for hydroxylation is 1. The minimum Gasteiger partial charge on any atom is -0.279 e. The van der Waals surface area contributed by atoms with Gasteiger partial charge in [0.1, 0.15) is 4.21 Å². The molecule has 0 bridgehead atoms. The Morgan fingerprint density at radius 3 is 2.56 bits per heavy atom. The number of benzene rings is 1. The SMILES string of the molecule is CCc1ccccc1NS(=O)(=O)c1ccc(Cl)s1. The maximum absolute atomic E-state index is 12.1. The van der Waals surface area contributed by atoms with Crippen LogP contribution in [0.1, 0.15) is 12.5 Å². The van der Waals surface area contributed by atoms with Crippen molar-refractivity contribution in [3.63, 3.8) is 0 Å². The van der Waals surface area contributed by atoms with E-state index in [0.29, 0.717) is 10.0 Å². The van der Waals surface area contributed by atoms with Gasteiger partial charge in [-0.2, -0.15) is 0 Å². The van der Waals surface area contributed by atoms with Gasteiger partial charge in [-0.05, 0) is 30.2 Å². The van der Waals surface area contributed by atoms with Gasteiger partial charge >= 0.3 is 0 Å². The first kappa shape index (κ1) is 13.4. The molecule has 0 amide bonds. The van der Waals surface area contributed by atoms with Gasteiger partial charge in [0.25, 0.3) is 10.0 Å². The van der Waals surface area contributed by atoms with Crippen molar-refractivity contribution in [2.75, 3.05) is 4.72 Å². The van der Waals surface area contributed by atoms with Crippen LogP contribution < -0.4 is 4.72 Å². The molecule has 0 unspecified atom stereocenters. The van der Waals surface area contributed by atoms with Gasteiger partial charge in [0, 0.05) is 0 Å². The Morgan fingerprint density at radius 1 is 1.22 bits per heavy atom. The summed E-state index contributed by atoms with van der Waals surface area (Å²) in [6, 6.07) is 10.4. The molecule has 0 fully saturated rings. The smallest absolute Gasteiger partial charge is 0.271 e. The fourth-order valence-electron chi connectivity index (χ4n) is 1.57. The normalized spacial score (nSPS) is 11.4. The molecule has 0 saturated carbocycles. The number of sulfonamides is 1. The molecule has 96 valence electrons. The number of nitrogens with one attached hydrogen (secondary N) is 1. The Labute approximate surface area is 115 Å². The zero-order valence-corrected chi connectivity index (χ0v) is 12.1. The van der Waals surface area contributed by atoms with Crippen LogP contribution in [0.5, 0.6) is 0 Å². The van der Waals surface area contributed by atoms with Crippen molar-refractivity contribution in [3.8, 4) is 0 Å². The van der Waals surface area contributed by atoms with Crippen molar-refractivity contribution in [2.45, 2.75) is 17.6 Å². The third-order valence-corrected chi connectivity index (χ3v) is 5.54. The number of anilines is 1. The van der Waals surface area contributed by atoms with E-state index in [9.17, 15) is 8.42 Å². The number of hydrogen-bond donors (Lipinski definition) is 1. The molecular weight excluding hydrogens is 290 g/mol. The molecular formula is C12H12ClNO2S2. The molecule has 0 spiro atoms. The third kappa shape index (κ3) is 2.85. The first-order chi connectivity index (χ1) is 8.53. The predicted octanol–water partition coefficient (Wildman–Crippen LogP) is 3.76. The number of para-hydroxylation sites is 1. The van der Waals surface area contributed by atoms with Crippen molar-refractivity contribution in [3.05, 3.63) is 46.3 Å². The molecule has 0 aliphatic heterocycles. The zero-order valence-electron chi connectivity index (χ0n) is 9.68. The first-order valence-electron chi connectivity index (χ1n) is 5.39. The van der Waals surface area contributed by atoms with E-state index in [1.165, 1.54) is 6.07 Å². The molecule has 0 saturated heterocycles. The summed E-state index contributed by atoms with van der Waals surface area (Å²) in [7, 11) is -3.54. The lowest BCUT2D eigenvalue weighted by Crippen LogP contribution is -2.12. The molecule has 3 nitrogen and oxygen atoms in total. The molecule has 6 heteroatoms. The van der Waals surface area contributed by atoms with Crippen molar-refractivity contribution in [2.24, 2.45) is 0 Å². The van der Waals surface area contributed by atoms with Crippen LogP contribution in [-0.4, -0.2) is 8.42 Å². The van der Waals surface area contributed by atoms with Gasteiger partial charge in [0.05, 0.1) is 10.0 Å². The fraction of sp³-hybridized carbons (Fsp3) is 0.167. The van der Waals surface area contributed by atoms with Gasteiger partial charge in [-0.1, -0.05) is 36.7 Å². The lowest BCUT2D eigenvalue weighted by atomic mass is 10.1. The van der Waals surface area contributed by atoms with Gasteiger partial charge < -0.3 is 0 Å². The largest absolute Gasteiger partial charge is 0.279 e. The summed E-state index contributed by atoms with van der Waals surface area (Å²) in [5, 5.41) is 0. The molecule has 0 aliphatic rings. The number of hydrogen-bond acceptors (Lipinski definition) is 3. The molecule has 0 radical (unpaired) electrons. The summed E-state index contributed by atoms with van der Waals surface area (Å²) in [6.45, 7) is 1.98. The van der Waals surface area contributed by atoms with E-state index in [2.05, 4.69) is 4.72 Å². The molecule has 1 N–H and O–H groups in total. The van der Waals surface area contributed by atoms with E-state index in [0.717, 1.165) is 23.3 Å². The fourth-order valence-corrected chi connectivity index (χ4v) is 4.15. The van der Waals surface area contributed by atoms with Crippen LogP contribution in [0, 0.1) is 0 Å². The molecule has 1 aromatic carbocycles. The highest BCUT2D eigenvalue weighted by molar-refractivity contribution is 7.94. The van der Waals surface area contributed by atoms with Crippen LogP contribution in [0.2, 0.25) is 4.34 Å². The second-order valence-electron chi connectivity index (χ2n) is 3.67. The van der Waals surface area contributed by atoms with Crippen molar-refractivity contribution < 1.29 is 8.42 Å². The molecule has 1 heterocycles. The summed E-state index contributed by atoms with van der Waals surface area (Å²) in [5.41, 5.74) is 1.58. The quantitative estimate of drug-likeness (QED) is 0.934. The monoisotopic (exact) mass is 301 g/mol. The molecule has 2 rings (SSSR count). The topological polar surface area (TPSA) is 46.2 Å². The van der Waals surface area contributed by atoms with E-state index >= 15 is 0 Å². The molecule has 0 aliphatic carbocycles. The average molecular weight is 302 g/mol. The second-order valence-corrected chi connectivity index (χ2v) is 7.30. The van der Waals surface area contributed by atoms with E-state index in [4.69, 9.17) is 11.6 Å². The summed E-state index contributed by atoms with van der Waals surface area (Å²) in [6.07, 6.45) is 0.768. The Balaban J connectivity index is 2.33. The predicted molar refractivity (Wildman–Crippen MR) is 76.0 cm³/mol. The lowest BCUT2D eigenvalue weighted by Gasteiger charge is -2.10. The lowest BCUT2D eigenvalue weighted by molar-refractivity contribution is 0.603. The Kier molecular flexibility index (Phi) is 3.94. The maximum atomic E-state index is 12.1. The summed E-state index contributed by atoms with van der Waals surface area (Å²) in [4.78, 5) is 0. The van der Waals surface area contributed by atoms with Crippen LogP contribution >= 0.6 is 22.9 Å². The third-order valence-electron chi connectivity index (χ3n) is 2.46. The van der Waals surface area contributed by atoms with Gasteiger partial charge in [0.15, 0.2) is 0 Å². The standard InChI is InChI=1S/C12H12ClNO2S2/c1-2-9-5-3-4-6-10(9)14-18(15,16)12-8-7-11(13)17-12/h3-8,14H,2H2,1H3. The summed E-state index contributed by atoms with van der Waals surface area (Å²) in [5.74, 6) is 0. The zero-order chi connectivity index (χ0) is 13.2. The van der Waals surface area contributed by atoms with Gasteiger partial charge in [0.2, 0.25) is 0 Å². The minimum atomic E-state index is -3.54. The minimum absolute atomic E-state index is 0.221. The van der Waals surface area contributed by atoms with Crippen LogP contribution in [0.4, 0.5) is 5.69 Å². The highest BCUT2D eigenvalue weighted by Gasteiger charge is 2.17. The summed E-state index contributed by atoms with van der Waals surface area (Å²) < 4.78 is 27.5. The average Bonchev–Trinajstić information content (AvgIpc) is 2.77. The molecule has 2 aromatic rings. The van der Waals surface area contributed by atoms with Crippen LogP contribution in [0.25, 0.3) is 0 Å². The van der Waals surface area contributed by atoms with Crippen molar-refractivity contribution in [1.82, 2.24) is 0 Å². The van der Waals surface area contributed by atoms with Gasteiger partial charge in [-0.3, -0.25) is 4.72 Å². The van der Waals surface area contributed by atoms with Crippen molar-refractivity contribution in [1.29, 1.82) is 0 Å². The molecule has 0 atom stereocenters. The van der Waals surface area contributed by atoms with Crippen LogP contribution in [-0.2, 0) is 16.4 Å².